The van der Waals surface area contributed by atoms with E-state index in [0.29, 0.717) is 5.92 Å². The van der Waals surface area contributed by atoms with E-state index < -0.39 is 0 Å². The highest BCUT2D eigenvalue weighted by molar-refractivity contribution is 5.86. The largest absolute Gasteiger partial charge is 0.396 e. The van der Waals surface area contributed by atoms with Crippen LogP contribution in [0.5, 0.6) is 0 Å². The van der Waals surface area contributed by atoms with Gasteiger partial charge in [-0.2, -0.15) is 5.26 Å². The Balaban J connectivity index is 1.73. The summed E-state index contributed by atoms with van der Waals surface area (Å²) in [5, 5.41) is 19.1. The Bertz CT molecular complexity index is 1050. The van der Waals surface area contributed by atoms with Crippen molar-refractivity contribution >= 4 is 22.5 Å². The van der Waals surface area contributed by atoms with E-state index in [1.165, 1.54) is 16.9 Å². The van der Waals surface area contributed by atoms with Crippen molar-refractivity contribution in [3.8, 4) is 6.07 Å². The van der Waals surface area contributed by atoms with Crippen LogP contribution in [0.2, 0.25) is 0 Å². The Morgan fingerprint density at radius 3 is 2.70 bits per heavy atom. The van der Waals surface area contributed by atoms with Crippen LogP contribution in [0.4, 0.5) is 5.82 Å². The van der Waals surface area contributed by atoms with Crippen molar-refractivity contribution in [3.63, 3.8) is 0 Å². The lowest BCUT2D eigenvalue weighted by Gasteiger charge is -2.35. The van der Waals surface area contributed by atoms with Crippen molar-refractivity contribution in [3.05, 3.63) is 41.0 Å². The highest BCUT2D eigenvalue weighted by Gasteiger charge is 2.30. The van der Waals surface area contributed by atoms with Gasteiger partial charge < -0.3 is 10.0 Å². The molecular formula is C22H24N4O. The van der Waals surface area contributed by atoms with Crippen molar-refractivity contribution in [2.24, 2.45) is 5.92 Å². The summed E-state index contributed by atoms with van der Waals surface area (Å²) >= 11 is 0. The Hall–Kier alpha value is -2.58. The predicted octanol–water partition coefficient (Wildman–Crippen LogP) is 3.45. The molecule has 2 aliphatic rings. The molecule has 1 aliphatic heterocycles. The number of aliphatic hydroxyl groups is 1. The molecule has 1 saturated heterocycles. The number of imidazole rings is 1. The number of para-hydroxylation sites is 2. The summed E-state index contributed by atoms with van der Waals surface area (Å²) in [7, 11) is 0. The summed E-state index contributed by atoms with van der Waals surface area (Å²) < 4.78 is 2.24. The van der Waals surface area contributed by atoms with Crippen LogP contribution in [0.25, 0.3) is 16.7 Å². The van der Waals surface area contributed by atoms with Crippen molar-refractivity contribution in [2.45, 2.75) is 38.5 Å². The summed E-state index contributed by atoms with van der Waals surface area (Å²) in [5.74, 6) is 1.88. The van der Waals surface area contributed by atoms with E-state index in [1.807, 2.05) is 18.2 Å². The summed E-state index contributed by atoms with van der Waals surface area (Å²) in [5.41, 5.74) is 6.18. The molecule has 1 aromatic carbocycles. The van der Waals surface area contributed by atoms with Crippen molar-refractivity contribution < 1.29 is 5.11 Å². The number of aliphatic hydroxyl groups excluding tert-OH is 1. The molecule has 138 valence electrons. The van der Waals surface area contributed by atoms with Gasteiger partial charge in [-0.25, -0.2) is 4.98 Å². The smallest absolute Gasteiger partial charge is 0.157 e. The first-order chi connectivity index (χ1) is 13.3. The first kappa shape index (κ1) is 16.6. The van der Waals surface area contributed by atoms with Gasteiger partial charge in [0, 0.05) is 19.7 Å². The Morgan fingerprint density at radius 2 is 1.93 bits per heavy atom. The van der Waals surface area contributed by atoms with Crippen LogP contribution < -0.4 is 4.90 Å². The molecule has 0 amide bonds. The first-order valence-electron chi connectivity index (χ1n) is 10.0. The van der Waals surface area contributed by atoms with Gasteiger partial charge >= 0.3 is 0 Å². The third-order valence-electron chi connectivity index (χ3n) is 6.35. The number of nitrogens with zero attached hydrogens (tertiary/aromatic N) is 4. The summed E-state index contributed by atoms with van der Waals surface area (Å²) in [4.78, 5) is 7.34. The molecule has 0 radical (unpaired) electrons. The molecule has 0 bridgehead atoms. The number of benzene rings is 1. The monoisotopic (exact) mass is 360 g/mol. The normalized spacial score (nSPS) is 17.6. The maximum Gasteiger partial charge on any atom is 0.157 e. The second-order valence-corrected chi connectivity index (χ2v) is 7.82. The van der Waals surface area contributed by atoms with E-state index in [0.717, 1.165) is 73.9 Å². The van der Waals surface area contributed by atoms with Gasteiger partial charge in [0.25, 0.3) is 0 Å². The van der Waals surface area contributed by atoms with Crippen LogP contribution in [0.1, 0.15) is 42.4 Å². The third-order valence-corrected chi connectivity index (χ3v) is 6.35. The van der Waals surface area contributed by atoms with E-state index in [2.05, 4.69) is 21.4 Å². The molecule has 0 unspecified atom stereocenters. The van der Waals surface area contributed by atoms with Crippen LogP contribution in [-0.2, 0) is 12.8 Å². The van der Waals surface area contributed by atoms with Gasteiger partial charge in [0.2, 0.25) is 0 Å². The molecule has 2 aromatic heterocycles. The van der Waals surface area contributed by atoms with Gasteiger partial charge in [0.05, 0.1) is 16.6 Å². The lowest BCUT2D eigenvalue weighted by molar-refractivity contribution is 0.240. The van der Waals surface area contributed by atoms with Crippen LogP contribution >= 0.6 is 0 Å². The van der Waals surface area contributed by atoms with Gasteiger partial charge in [-0.1, -0.05) is 12.1 Å². The SMILES string of the molecule is N#Cc1c2c(c(N3CCC(CCO)CC3)n3c1nc1ccccc13)CCC2. The van der Waals surface area contributed by atoms with E-state index in [4.69, 9.17) is 4.98 Å². The summed E-state index contributed by atoms with van der Waals surface area (Å²) in [6.07, 6.45) is 6.27. The number of hydrogen-bond donors (Lipinski definition) is 1. The number of nitriles is 1. The Kier molecular flexibility index (Phi) is 4.02. The molecule has 5 rings (SSSR count). The fourth-order valence-electron chi connectivity index (χ4n) is 5.01. The number of aromatic nitrogens is 2. The standard InChI is InChI=1S/C22H24N4O/c23-14-18-16-4-3-5-17(16)22(25-11-8-15(9-12-25)10-13-27)26-20-7-2-1-6-19(20)24-21(18)26/h1-2,6-7,15,27H,3-5,8-13H2. The van der Waals surface area contributed by atoms with Gasteiger partial charge in [-0.3, -0.25) is 4.40 Å². The molecule has 1 fully saturated rings. The Labute approximate surface area is 158 Å². The van der Waals surface area contributed by atoms with E-state index in [-0.39, 0.29) is 6.61 Å². The van der Waals surface area contributed by atoms with Crippen LogP contribution in [0.3, 0.4) is 0 Å². The quantitative estimate of drug-likeness (QED) is 0.777. The molecule has 3 aromatic rings. The van der Waals surface area contributed by atoms with E-state index in [9.17, 15) is 10.4 Å². The van der Waals surface area contributed by atoms with Crippen molar-refractivity contribution in [1.29, 1.82) is 5.26 Å². The van der Waals surface area contributed by atoms with Crippen LogP contribution in [0, 0.1) is 17.2 Å². The average molecular weight is 360 g/mol. The van der Waals surface area contributed by atoms with E-state index in [1.54, 1.807) is 0 Å². The number of rotatable bonds is 3. The maximum absolute atomic E-state index is 9.88. The molecule has 27 heavy (non-hydrogen) atoms. The van der Waals surface area contributed by atoms with Crippen LogP contribution in [0.15, 0.2) is 24.3 Å². The molecule has 5 nitrogen and oxygen atoms in total. The minimum atomic E-state index is 0.285. The first-order valence-corrected chi connectivity index (χ1v) is 10.0. The third kappa shape index (κ3) is 2.51. The van der Waals surface area contributed by atoms with Crippen molar-refractivity contribution in [2.75, 3.05) is 24.6 Å². The van der Waals surface area contributed by atoms with Gasteiger partial charge in [-0.15, -0.1) is 0 Å². The zero-order valence-electron chi connectivity index (χ0n) is 15.5. The zero-order valence-corrected chi connectivity index (χ0v) is 15.5. The summed E-state index contributed by atoms with van der Waals surface area (Å²) in [6, 6.07) is 10.7. The highest BCUT2D eigenvalue weighted by atomic mass is 16.3. The number of fused-ring (bicyclic) bond motifs is 4. The highest BCUT2D eigenvalue weighted by Crippen LogP contribution is 2.39. The lowest BCUT2D eigenvalue weighted by Crippen LogP contribution is -2.36. The fraction of sp³-hybridized carbons (Fsp3) is 0.455. The van der Waals surface area contributed by atoms with Crippen molar-refractivity contribution in [1.82, 2.24) is 9.38 Å². The maximum atomic E-state index is 9.88. The fourth-order valence-corrected chi connectivity index (χ4v) is 5.01. The molecule has 3 heterocycles. The lowest BCUT2D eigenvalue weighted by atomic mass is 9.93. The second-order valence-electron chi connectivity index (χ2n) is 7.82. The Morgan fingerprint density at radius 1 is 1.15 bits per heavy atom. The average Bonchev–Trinajstić information content (AvgIpc) is 3.32. The molecule has 0 saturated carbocycles. The number of hydrogen-bond acceptors (Lipinski definition) is 4. The zero-order chi connectivity index (χ0) is 18.4. The minimum Gasteiger partial charge on any atom is -0.396 e. The van der Waals surface area contributed by atoms with Crippen LogP contribution in [-0.4, -0.2) is 34.2 Å². The van der Waals surface area contributed by atoms with Gasteiger partial charge in [-0.05, 0) is 67.7 Å². The topological polar surface area (TPSA) is 64.6 Å². The number of anilines is 1. The predicted molar refractivity (Wildman–Crippen MR) is 106 cm³/mol. The molecular weight excluding hydrogens is 336 g/mol. The minimum absolute atomic E-state index is 0.285. The molecule has 5 heteroatoms. The van der Waals surface area contributed by atoms with Gasteiger partial charge in [0.1, 0.15) is 11.9 Å². The number of piperidine rings is 1. The molecule has 1 aliphatic carbocycles. The molecule has 0 atom stereocenters. The second kappa shape index (κ2) is 6.54. The molecule has 0 spiro atoms. The number of pyridine rings is 1. The van der Waals surface area contributed by atoms with Gasteiger partial charge in [0.15, 0.2) is 5.65 Å². The summed E-state index contributed by atoms with van der Waals surface area (Å²) in [6.45, 7) is 2.29. The van der Waals surface area contributed by atoms with E-state index >= 15 is 0 Å². The molecule has 1 N–H and O–H groups in total.